The average Bonchev–Trinajstić information content (AvgIpc) is 3.54. The second kappa shape index (κ2) is 9.68. The van der Waals surface area contributed by atoms with Gasteiger partial charge in [0.15, 0.2) is 0 Å². The van der Waals surface area contributed by atoms with Gasteiger partial charge in [-0.3, -0.25) is 4.68 Å². The van der Waals surface area contributed by atoms with Gasteiger partial charge in [0.05, 0.1) is 29.8 Å². The number of anilines is 1. The molecule has 0 aliphatic carbocycles. The average molecular weight is 504 g/mol. The summed E-state index contributed by atoms with van der Waals surface area (Å²) in [5, 5.41) is 9.09. The maximum absolute atomic E-state index is 13.5. The molecule has 0 bridgehead atoms. The van der Waals surface area contributed by atoms with Crippen molar-refractivity contribution in [2.45, 2.75) is 45.3 Å². The number of halogens is 1. The zero-order valence-electron chi connectivity index (χ0n) is 21.1. The van der Waals surface area contributed by atoms with Crippen LogP contribution in [0.3, 0.4) is 0 Å². The highest BCUT2D eigenvalue weighted by Gasteiger charge is 2.28. The third-order valence-corrected chi connectivity index (χ3v) is 6.32. The van der Waals surface area contributed by atoms with Crippen molar-refractivity contribution >= 4 is 11.9 Å². The predicted molar refractivity (Wildman–Crippen MR) is 138 cm³/mol. The van der Waals surface area contributed by atoms with Crippen LogP contribution in [0.15, 0.2) is 61.2 Å². The summed E-state index contributed by atoms with van der Waals surface area (Å²) >= 11 is 0. The molecular weight excluding hydrogens is 473 g/mol. The number of benzene rings is 1. The first-order valence-corrected chi connectivity index (χ1v) is 12.3. The predicted octanol–water partition coefficient (Wildman–Crippen LogP) is 5.09. The van der Waals surface area contributed by atoms with Gasteiger partial charge >= 0.3 is 6.09 Å². The summed E-state index contributed by atoms with van der Waals surface area (Å²) in [5.74, 6) is 0.0724. The number of piperidine rings is 1. The molecule has 37 heavy (non-hydrogen) atoms. The lowest BCUT2D eigenvalue weighted by Crippen LogP contribution is -2.42. The Morgan fingerprint density at radius 1 is 1.05 bits per heavy atom. The SMILES string of the molecule is CC(C)(C)OC(=O)N1CCC(n2cc(-c3cnc(N)cc3-c3ccnn3-c3ccc(F)cc3)cn2)CC1. The van der Waals surface area contributed by atoms with Crippen molar-refractivity contribution in [3.63, 3.8) is 0 Å². The van der Waals surface area contributed by atoms with E-state index in [9.17, 15) is 9.18 Å². The lowest BCUT2D eigenvalue weighted by molar-refractivity contribution is 0.0185. The summed E-state index contributed by atoms with van der Waals surface area (Å²) in [4.78, 5) is 18.5. The molecule has 0 spiro atoms. The van der Waals surface area contributed by atoms with Crippen molar-refractivity contribution in [1.82, 2.24) is 29.4 Å². The summed E-state index contributed by atoms with van der Waals surface area (Å²) < 4.78 is 22.7. The first-order chi connectivity index (χ1) is 17.7. The van der Waals surface area contributed by atoms with E-state index in [1.165, 1.54) is 12.1 Å². The van der Waals surface area contributed by atoms with Gasteiger partial charge in [-0.2, -0.15) is 10.2 Å². The number of carbonyl (C=O) groups is 1. The maximum atomic E-state index is 13.5. The molecule has 1 amide bonds. The fraction of sp³-hybridized carbons (Fsp3) is 0.333. The lowest BCUT2D eigenvalue weighted by atomic mass is 10.0. The van der Waals surface area contributed by atoms with E-state index in [0.717, 1.165) is 40.9 Å². The fourth-order valence-electron chi connectivity index (χ4n) is 4.53. The molecule has 3 aromatic heterocycles. The Labute approximate surface area is 214 Å². The van der Waals surface area contributed by atoms with E-state index >= 15 is 0 Å². The summed E-state index contributed by atoms with van der Waals surface area (Å²) in [7, 11) is 0. The van der Waals surface area contributed by atoms with Crippen LogP contribution >= 0.6 is 0 Å². The fourth-order valence-corrected chi connectivity index (χ4v) is 4.53. The van der Waals surface area contributed by atoms with E-state index in [1.807, 2.05) is 50.0 Å². The lowest BCUT2D eigenvalue weighted by Gasteiger charge is -2.33. The molecule has 192 valence electrons. The Balaban J connectivity index is 1.38. The Morgan fingerprint density at radius 3 is 2.49 bits per heavy atom. The van der Waals surface area contributed by atoms with Crippen LogP contribution in [-0.4, -0.2) is 54.2 Å². The molecule has 0 atom stereocenters. The van der Waals surface area contributed by atoms with Gasteiger partial charge in [-0.15, -0.1) is 0 Å². The van der Waals surface area contributed by atoms with Crippen LogP contribution in [0.4, 0.5) is 15.0 Å². The number of nitrogens with two attached hydrogens (primary N) is 1. The number of hydrogen-bond donors (Lipinski definition) is 1. The number of nitrogen functional groups attached to an aromatic ring is 1. The van der Waals surface area contributed by atoms with Gasteiger partial charge in [0.2, 0.25) is 0 Å². The van der Waals surface area contributed by atoms with E-state index in [1.54, 1.807) is 34.1 Å². The molecule has 1 fully saturated rings. The van der Waals surface area contributed by atoms with Crippen LogP contribution in [0.25, 0.3) is 28.1 Å². The summed E-state index contributed by atoms with van der Waals surface area (Å²) in [6, 6.07) is 10.0. The van der Waals surface area contributed by atoms with Crippen LogP contribution < -0.4 is 5.73 Å². The minimum atomic E-state index is -0.512. The smallest absolute Gasteiger partial charge is 0.410 e. The number of likely N-dealkylation sites (tertiary alicyclic amines) is 1. The van der Waals surface area contributed by atoms with E-state index < -0.39 is 5.60 Å². The molecule has 5 rings (SSSR count). The van der Waals surface area contributed by atoms with E-state index in [0.29, 0.717) is 18.9 Å². The van der Waals surface area contributed by atoms with Crippen LogP contribution in [0.2, 0.25) is 0 Å². The minimum Gasteiger partial charge on any atom is -0.444 e. The second-order valence-corrected chi connectivity index (χ2v) is 10.2. The van der Waals surface area contributed by atoms with Gasteiger partial charge in [-0.1, -0.05) is 0 Å². The summed E-state index contributed by atoms with van der Waals surface area (Å²) in [6.07, 6.45) is 8.54. The molecule has 4 heterocycles. The largest absolute Gasteiger partial charge is 0.444 e. The van der Waals surface area contributed by atoms with E-state index in [4.69, 9.17) is 10.5 Å². The van der Waals surface area contributed by atoms with Gasteiger partial charge in [0.25, 0.3) is 0 Å². The maximum Gasteiger partial charge on any atom is 0.410 e. The van der Waals surface area contributed by atoms with Gasteiger partial charge in [-0.25, -0.2) is 18.9 Å². The van der Waals surface area contributed by atoms with Crippen LogP contribution in [0.1, 0.15) is 39.7 Å². The van der Waals surface area contributed by atoms with E-state index in [-0.39, 0.29) is 18.0 Å². The molecule has 1 aliphatic rings. The molecular formula is C27H30FN7O2. The standard InChI is InChI=1S/C27H30FN7O2/c1-27(2,3)37-26(36)33-12-9-20(10-13-33)34-17-18(15-32-34)23-16-30-25(29)14-22(23)24-8-11-31-35(24)21-6-4-19(28)5-7-21/h4-8,11,14-17,20H,9-10,12-13H2,1-3H3,(H2,29,30). The molecule has 1 aromatic carbocycles. The van der Waals surface area contributed by atoms with Gasteiger partial charge in [0, 0.05) is 42.2 Å². The number of pyridine rings is 1. The molecule has 0 saturated carbocycles. The Bertz CT molecular complexity index is 1400. The molecule has 1 aliphatic heterocycles. The van der Waals surface area contributed by atoms with Crippen molar-refractivity contribution in [3.05, 3.63) is 67.0 Å². The summed E-state index contributed by atoms with van der Waals surface area (Å²) in [6.45, 7) is 6.84. The molecule has 1 saturated heterocycles. The van der Waals surface area contributed by atoms with Crippen molar-refractivity contribution in [3.8, 4) is 28.1 Å². The number of ether oxygens (including phenoxy) is 1. The molecule has 4 aromatic rings. The normalized spacial score (nSPS) is 14.6. The molecule has 2 N–H and O–H groups in total. The second-order valence-electron chi connectivity index (χ2n) is 10.2. The zero-order chi connectivity index (χ0) is 26.2. The number of aromatic nitrogens is 5. The first-order valence-electron chi connectivity index (χ1n) is 12.3. The highest BCUT2D eigenvalue weighted by Crippen LogP contribution is 2.34. The van der Waals surface area contributed by atoms with Gasteiger partial charge in [0.1, 0.15) is 17.2 Å². The number of carbonyl (C=O) groups excluding carboxylic acids is 1. The molecule has 9 nitrogen and oxygen atoms in total. The summed E-state index contributed by atoms with van der Waals surface area (Å²) in [5.41, 5.74) is 9.67. The first kappa shape index (κ1) is 24.5. The van der Waals surface area contributed by atoms with Crippen molar-refractivity contribution in [1.29, 1.82) is 0 Å². The minimum absolute atomic E-state index is 0.169. The van der Waals surface area contributed by atoms with Gasteiger partial charge in [-0.05, 0) is 70.0 Å². The van der Waals surface area contributed by atoms with E-state index in [2.05, 4.69) is 15.2 Å². The number of nitrogens with zero attached hydrogens (tertiary/aromatic N) is 6. The highest BCUT2D eigenvalue weighted by atomic mass is 19.1. The topological polar surface area (TPSA) is 104 Å². The van der Waals surface area contributed by atoms with Gasteiger partial charge < -0.3 is 15.4 Å². The third-order valence-electron chi connectivity index (χ3n) is 6.32. The molecule has 0 radical (unpaired) electrons. The zero-order valence-corrected chi connectivity index (χ0v) is 21.1. The van der Waals surface area contributed by atoms with Crippen molar-refractivity contribution in [2.24, 2.45) is 0 Å². The van der Waals surface area contributed by atoms with Crippen molar-refractivity contribution in [2.75, 3.05) is 18.8 Å². The Kier molecular flexibility index (Phi) is 6.41. The Morgan fingerprint density at radius 2 is 1.78 bits per heavy atom. The van der Waals surface area contributed by atoms with Crippen LogP contribution in [-0.2, 0) is 4.74 Å². The monoisotopic (exact) mass is 503 g/mol. The number of amides is 1. The number of rotatable bonds is 4. The third kappa shape index (κ3) is 5.32. The Hall–Kier alpha value is -4.21. The highest BCUT2D eigenvalue weighted by molar-refractivity contribution is 5.83. The quantitative estimate of drug-likeness (QED) is 0.416. The van der Waals surface area contributed by atoms with Crippen LogP contribution in [0.5, 0.6) is 0 Å². The van der Waals surface area contributed by atoms with Crippen molar-refractivity contribution < 1.29 is 13.9 Å². The molecule has 10 heteroatoms. The van der Waals surface area contributed by atoms with Crippen LogP contribution in [0, 0.1) is 5.82 Å². The molecule has 0 unspecified atom stereocenters. The number of hydrogen-bond acceptors (Lipinski definition) is 6.